The van der Waals surface area contributed by atoms with Gasteiger partial charge in [0, 0.05) is 0 Å². The van der Waals surface area contributed by atoms with Crippen molar-refractivity contribution in [1.29, 1.82) is 0 Å². The fraction of sp³-hybridized carbons (Fsp3) is 0.300. The Morgan fingerprint density at radius 1 is 0.810 bits per heavy atom. The summed E-state index contributed by atoms with van der Waals surface area (Å²) in [6.07, 6.45) is 8.15. The van der Waals surface area contributed by atoms with Crippen LogP contribution < -0.4 is 10.6 Å². The molecule has 2 atom stereocenters. The number of rotatable bonds is 4. The molecule has 21 heavy (non-hydrogen) atoms. The summed E-state index contributed by atoms with van der Waals surface area (Å²) in [6, 6.07) is 22.1. The average Bonchev–Trinajstić information content (AvgIpc) is 2.98. The SMILES string of the molecule is C(CP(c1ccccc1)c1ccccc1)=C1C2CCCC12. The molecule has 0 spiro atoms. The second-order valence-corrected chi connectivity index (χ2v) is 8.38. The van der Waals surface area contributed by atoms with Crippen LogP contribution in [0.25, 0.3) is 0 Å². The van der Waals surface area contributed by atoms with E-state index in [4.69, 9.17) is 0 Å². The second kappa shape index (κ2) is 5.78. The van der Waals surface area contributed by atoms with Gasteiger partial charge in [0.15, 0.2) is 0 Å². The number of hydrogen-bond donors (Lipinski definition) is 0. The highest BCUT2D eigenvalue weighted by Gasteiger charge is 2.46. The lowest BCUT2D eigenvalue weighted by Crippen LogP contribution is -2.13. The Kier molecular flexibility index (Phi) is 3.65. The van der Waals surface area contributed by atoms with Crippen LogP contribution in [0.4, 0.5) is 0 Å². The van der Waals surface area contributed by atoms with Gasteiger partial charge in [0.2, 0.25) is 0 Å². The van der Waals surface area contributed by atoms with Crippen LogP contribution in [0.5, 0.6) is 0 Å². The summed E-state index contributed by atoms with van der Waals surface area (Å²) in [5, 5.41) is 3.00. The van der Waals surface area contributed by atoms with E-state index < -0.39 is 0 Å². The Balaban J connectivity index is 1.59. The van der Waals surface area contributed by atoms with Crippen LogP contribution in [-0.4, -0.2) is 6.16 Å². The minimum absolute atomic E-state index is 0.239. The number of hydrogen-bond acceptors (Lipinski definition) is 0. The first-order chi connectivity index (χ1) is 10.4. The topological polar surface area (TPSA) is 0 Å². The minimum Gasteiger partial charge on any atom is -0.0798 e. The zero-order valence-electron chi connectivity index (χ0n) is 12.3. The van der Waals surface area contributed by atoms with Crippen LogP contribution in [0.15, 0.2) is 72.3 Å². The monoisotopic (exact) mass is 292 g/mol. The van der Waals surface area contributed by atoms with Gasteiger partial charge < -0.3 is 0 Å². The predicted octanol–water partition coefficient (Wildman–Crippen LogP) is 4.48. The molecule has 0 bridgehead atoms. The third-order valence-corrected chi connectivity index (χ3v) is 7.30. The normalized spacial score (nSPS) is 23.2. The number of fused-ring (bicyclic) bond motifs is 1. The molecule has 0 radical (unpaired) electrons. The van der Waals surface area contributed by atoms with Gasteiger partial charge in [-0.1, -0.05) is 78.7 Å². The van der Waals surface area contributed by atoms with E-state index in [2.05, 4.69) is 66.7 Å². The summed E-state index contributed by atoms with van der Waals surface area (Å²) in [4.78, 5) is 0. The van der Waals surface area contributed by atoms with Gasteiger partial charge in [0.25, 0.3) is 0 Å². The molecular weight excluding hydrogens is 271 g/mol. The largest absolute Gasteiger partial charge is 0.0798 e. The van der Waals surface area contributed by atoms with Gasteiger partial charge in [-0.05, 0) is 49.4 Å². The third kappa shape index (κ3) is 2.70. The molecule has 2 fully saturated rings. The molecule has 2 aliphatic carbocycles. The van der Waals surface area contributed by atoms with Crippen LogP contribution in [0.2, 0.25) is 0 Å². The standard InChI is InChI=1S/C20H21P/c1-3-8-16(9-4-1)21(17-10-5-2-6-11-17)15-14-20-18-12-7-13-19(18)20/h1-6,8-11,14,18-19H,7,12-13,15H2. The molecule has 2 saturated carbocycles. The van der Waals surface area contributed by atoms with E-state index in [0.717, 1.165) is 11.8 Å². The first-order valence-corrected chi connectivity index (χ1v) is 9.54. The average molecular weight is 292 g/mol. The summed E-state index contributed by atoms with van der Waals surface area (Å²) < 4.78 is 0. The van der Waals surface area contributed by atoms with Crippen molar-refractivity contribution in [1.82, 2.24) is 0 Å². The first-order valence-electron chi connectivity index (χ1n) is 8.01. The Labute approximate surface area is 128 Å². The molecule has 0 heterocycles. The molecule has 2 aromatic rings. The zero-order chi connectivity index (χ0) is 14.1. The third-order valence-electron chi connectivity index (χ3n) is 4.91. The molecule has 0 aliphatic heterocycles. The van der Waals surface area contributed by atoms with Crippen LogP contribution in [0.3, 0.4) is 0 Å². The zero-order valence-corrected chi connectivity index (χ0v) is 13.2. The molecule has 2 aromatic carbocycles. The Bertz CT molecular complexity index is 578. The van der Waals surface area contributed by atoms with E-state index in [1.54, 1.807) is 5.57 Å². The summed E-state index contributed by atoms with van der Waals surface area (Å²) in [5.41, 5.74) is 1.78. The fourth-order valence-corrected chi connectivity index (χ4v) is 5.95. The highest BCUT2D eigenvalue weighted by Crippen LogP contribution is 2.57. The molecule has 106 valence electrons. The van der Waals surface area contributed by atoms with Crippen LogP contribution in [0, 0.1) is 11.8 Å². The fourth-order valence-electron chi connectivity index (χ4n) is 3.77. The Morgan fingerprint density at radius 3 is 1.86 bits per heavy atom. The lowest BCUT2D eigenvalue weighted by atomic mass is 10.2. The van der Waals surface area contributed by atoms with Gasteiger partial charge in [0.05, 0.1) is 0 Å². The highest BCUT2D eigenvalue weighted by molar-refractivity contribution is 7.73. The predicted molar refractivity (Wildman–Crippen MR) is 92.9 cm³/mol. The van der Waals surface area contributed by atoms with Gasteiger partial charge in [-0.2, -0.15) is 0 Å². The summed E-state index contributed by atoms with van der Waals surface area (Å²) in [5.74, 6) is 1.93. The number of benzene rings is 2. The van der Waals surface area contributed by atoms with Gasteiger partial charge in [-0.25, -0.2) is 0 Å². The van der Waals surface area contributed by atoms with Crippen molar-refractivity contribution in [3.63, 3.8) is 0 Å². The van der Waals surface area contributed by atoms with Crippen LogP contribution in [-0.2, 0) is 0 Å². The molecule has 0 N–H and O–H groups in total. The van der Waals surface area contributed by atoms with E-state index in [9.17, 15) is 0 Å². The highest BCUT2D eigenvalue weighted by atomic mass is 31.1. The number of allylic oxidation sites excluding steroid dienone is 2. The van der Waals surface area contributed by atoms with Crippen molar-refractivity contribution in [2.45, 2.75) is 19.3 Å². The maximum absolute atomic E-state index is 2.58. The molecule has 0 saturated heterocycles. The van der Waals surface area contributed by atoms with Crippen molar-refractivity contribution in [2.75, 3.05) is 6.16 Å². The maximum Gasteiger partial charge on any atom is -0.00613 e. The van der Waals surface area contributed by atoms with E-state index >= 15 is 0 Å². The van der Waals surface area contributed by atoms with E-state index in [1.807, 2.05) is 0 Å². The lowest BCUT2D eigenvalue weighted by Gasteiger charge is -2.17. The van der Waals surface area contributed by atoms with E-state index in [-0.39, 0.29) is 7.92 Å². The summed E-state index contributed by atoms with van der Waals surface area (Å²) in [6.45, 7) is 0. The van der Waals surface area contributed by atoms with Crippen molar-refractivity contribution in [2.24, 2.45) is 11.8 Å². The van der Waals surface area contributed by atoms with Gasteiger partial charge >= 0.3 is 0 Å². The quantitative estimate of drug-likeness (QED) is 0.576. The molecular formula is C20H21P. The molecule has 0 nitrogen and oxygen atoms in total. The molecule has 0 amide bonds. The second-order valence-electron chi connectivity index (χ2n) is 6.13. The Morgan fingerprint density at radius 2 is 1.33 bits per heavy atom. The van der Waals surface area contributed by atoms with Crippen molar-refractivity contribution >= 4 is 18.5 Å². The van der Waals surface area contributed by atoms with E-state index in [0.29, 0.717) is 0 Å². The van der Waals surface area contributed by atoms with Gasteiger partial charge in [0.1, 0.15) is 0 Å². The maximum atomic E-state index is 2.58. The molecule has 4 rings (SSSR count). The van der Waals surface area contributed by atoms with Crippen molar-refractivity contribution < 1.29 is 0 Å². The van der Waals surface area contributed by atoms with Crippen LogP contribution >= 0.6 is 7.92 Å². The first kappa shape index (κ1) is 13.3. The smallest absolute Gasteiger partial charge is 0.00613 e. The molecule has 2 aliphatic rings. The lowest BCUT2D eigenvalue weighted by molar-refractivity contribution is 0.792. The molecule has 0 aromatic heterocycles. The van der Waals surface area contributed by atoms with Crippen molar-refractivity contribution in [3.05, 3.63) is 72.3 Å². The Hall–Kier alpha value is -1.39. The minimum atomic E-state index is -0.239. The summed E-state index contributed by atoms with van der Waals surface area (Å²) >= 11 is 0. The molecule has 1 heteroatoms. The van der Waals surface area contributed by atoms with Crippen LogP contribution in [0.1, 0.15) is 19.3 Å². The van der Waals surface area contributed by atoms with E-state index in [1.165, 1.54) is 36.0 Å². The van der Waals surface area contributed by atoms with Gasteiger partial charge in [-0.3, -0.25) is 0 Å². The summed E-state index contributed by atoms with van der Waals surface area (Å²) in [7, 11) is -0.239. The molecule has 2 unspecified atom stereocenters. The van der Waals surface area contributed by atoms with Gasteiger partial charge in [-0.15, -0.1) is 0 Å². The van der Waals surface area contributed by atoms with Crippen molar-refractivity contribution in [3.8, 4) is 0 Å².